The minimum atomic E-state index is -0.341. The van der Waals surface area contributed by atoms with Gasteiger partial charge in [0.1, 0.15) is 5.82 Å². The summed E-state index contributed by atoms with van der Waals surface area (Å²) in [6.45, 7) is 9.19. The predicted octanol–water partition coefficient (Wildman–Crippen LogP) is 3.24. The molecule has 1 aliphatic heterocycles. The highest BCUT2D eigenvalue weighted by Crippen LogP contribution is 2.19. The van der Waals surface area contributed by atoms with Crippen molar-refractivity contribution in [1.29, 1.82) is 0 Å². The third-order valence-corrected chi connectivity index (χ3v) is 6.03. The maximum Gasteiger partial charge on any atom is 0.339 e. The molecule has 0 N–H and O–H groups in total. The van der Waals surface area contributed by atoms with Crippen molar-refractivity contribution < 1.29 is 9.53 Å². The first-order valence-corrected chi connectivity index (χ1v) is 11.7. The van der Waals surface area contributed by atoms with E-state index >= 15 is 0 Å². The molecule has 1 saturated heterocycles. The zero-order chi connectivity index (χ0) is 23.2. The maximum absolute atomic E-state index is 11.8. The molecule has 0 saturated carbocycles. The normalized spacial score (nSPS) is 14.4. The Hall–Kier alpha value is -3.11. The number of aromatic nitrogens is 5. The Balaban J connectivity index is 1.41. The van der Waals surface area contributed by atoms with Crippen molar-refractivity contribution >= 4 is 24.0 Å². The van der Waals surface area contributed by atoms with Gasteiger partial charge in [-0.15, -0.1) is 0 Å². The number of esters is 1. The van der Waals surface area contributed by atoms with Gasteiger partial charge >= 0.3 is 5.97 Å². The number of anilines is 1. The summed E-state index contributed by atoms with van der Waals surface area (Å²) in [7, 11) is 0. The lowest BCUT2D eigenvalue weighted by Crippen LogP contribution is -2.47. The largest absolute Gasteiger partial charge is 0.462 e. The van der Waals surface area contributed by atoms with Crippen LogP contribution >= 0.6 is 12.2 Å². The van der Waals surface area contributed by atoms with Gasteiger partial charge in [-0.05, 0) is 49.8 Å². The topological polar surface area (TPSA) is 81.3 Å². The Kier molecular flexibility index (Phi) is 7.46. The van der Waals surface area contributed by atoms with E-state index in [0.29, 0.717) is 18.8 Å². The highest BCUT2D eigenvalue weighted by atomic mass is 32.1. The average Bonchev–Trinajstić information content (AvgIpc) is 3.16. The third kappa shape index (κ3) is 5.28. The fourth-order valence-electron chi connectivity index (χ4n) is 3.89. The molecule has 4 heterocycles. The van der Waals surface area contributed by atoms with Crippen LogP contribution in [0, 0.1) is 4.77 Å². The number of rotatable bonds is 8. The summed E-state index contributed by atoms with van der Waals surface area (Å²) >= 11 is 5.76. The standard InChI is InChI=1S/C23H29N7O2S/c1-3-11-29-21(18-7-9-24-10-8-18)26-30(23(29)33)17-27-12-14-28(15-13-27)20-6-5-19(16-25-20)22(31)32-4-2/h5-10,16H,3-4,11-15,17H2,1-2H3. The average molecular weight is 468 g/mol. The van der Waals surface area contributed by atoms with Crippen LogP contribution in [0.5, 0.6) is 0 Å². The van der Waals surface area contributed by atoms with Crippen LogP contribution in [0.15, 0.2) is 42.9 Å². The Morgan fingerprint density at radius 3 is 2.48 bits per heavy atom. The molecule has 0 unspecified atom stereocenters. The Bertz CT molecular complexity index is 1120. The van der Waals surface area contributed by atoms with E-state index in [1.54, 1.807) is 31.6 Å². The van der Waals surface area contributed by atoms with E-state index < -0.39 is 0 Å². The van der Waals surface area contributed by atoms with Crippen molar-refractivity contribution in [2.75, 3.05) is 37.7 Å². The smallest absolute Gasteiger partial charge is 0.339 e. The second kappa shape index (κ2) is 10.7. The zero-order valence-electron chi connectivity index (χ0n) is 19.1. The molecule has 0 spiro atoms. The SMILES string of the molecule is CCCn1c(-c2ccncc2)nn(CN2CCN(c3ccc(C(=O)OCC)cn3)CC2)c1=S. The second-order valence-electron chi connectivity index (χ2n) is 7.87. The van der Waals surface area contributed by atoms with Gasteiger partial charge in [-0.3, -0.25) is 14.5 Å². The molecular formula is C23H29N7O2S. The summed E-state index contributed by atoms with van der Waals surface area (Å²) < 4.78 is 9.79. The number of hydrogen-bond donors (Lipinski definition) is 0. The van der Waals surface area contributed by atoms with Gasteiger partial charge in [-0.2, -0.15) is 5.10 Å². The van der Waals surface area contributed by atoms with Crippen LogP contribution in [-0.4, -0.2) is 68.0 Å². The Morgan fingerprint density at radius 1 is 1.09 bits per heavy atom. The number of carbonyl (C=O) groups excluding carboxylic acids is 1. The first-order valence-electron chi connectivity index (χ1n) is 11.3. The van der Waals surface area contributed by atoms with E-state index in [1.807, 2.05) is 22.9 Å². The molecule has 0 atom stereocenters. The molecule has 0 radical (unpaired) electrons. The van der Waals surface area contributed by atoms with E-state index in [9.17, 15) is 4.79 Å². The molecular weight excluding hydrogens is 438 g/mol. The van der Waals surface area contributed by atoms with Gasteiger partial charge in [0.05, 0.1) is 18.8 Å². The van der Waals surface area contributed by atoms with E-state index in [1.165, 1.54) is 0 Å². The van der Waals surface area contributed by atoms with Crippen LogP contribution in [0.2, 0.25) is 0 Å². The summed E-state index contributed by atoms with van der Waals surface area (Å²) in [6, 6.07) is 7.58. The molecule has 0 bridgehead atoms. The van der Waals surface area contributed by atoms with E-state index in [-0.39, 0.29) is 5.97 Å². The summed E-state index contributed by atoms with van der Waals surface area (Å²) in [4.78, 5) is 25.0. The Morgan fingerprint density at radius 2 is 1.85 bits per heavy atom. The highest BCUT2D eigenvalue weighted by Gasteiger charge is 2.21. The zero-order valence-corrected chi connectivity index (χ0v) is 19.9. The van der Waals surface area contributed by atoms with Gasteiger partial charge < -0.3 is 9.64 Å². The van der Waals surface area contributed by atoms with Crippen LogP contribution in [-0.2, 0) is 18.0 Å². The van der Waals surface area contributed by atoms with Crippen LogP contribution in [0.25, 0.3) is 11.4 Å². The molecule has 0 aliphatic carbocycles. The molecule has 10 heteroatoms. The number of carbonyl (C=O) groups is 1. The molecule has 1 fully saturated rings. The predicted molar refractivity (Wildman–Crippen MR) is 129 cm³/mol. The third-order valence-electron chi connectivity index (χ3n) is 5.60. The maximum atomic E-state index is 11.8. The molecule has 0 aromatic carbocycles. The number of nitrogens with zero attached hydrogens (tertiary/aromatic N) is 7. The summed E-state index contributed by atoms with van der Waals surface area (Å²) in [5.74, 6) is 1.41. The molecule has 33 heavy (non-hydrogen) atoms. The minimum absolute atomic E-state index is 0.341. The van der Waals surface area contributed by atoms with Crippen molar-refractivity contribution in [3.8, 4) is 11.4 Å². The number of piperazine rings is 1. The molecule has 3 aromatic heterocycles. The second-order valence-corrected chi connectivity index (χ2v) is 8.23. The van der Waals surface area contributed by atoms with Crippen molar-refractivity contribution in [3.63, 3.8) is 0 Å². The van der Waals surface area contributed by atoms with E-state index in [2.05, 4.69) is 31.3 Å². The summed E-state index contributed by atoms with van der Waals surface area (Å²) in [6.07, 6.45) is 6.12. The molecule has 4 rings (SSSR count). The van der Waals surface area contributed by atoms with Crippen LogP contribution in [0.3, 0.4) is 0 Å². The molecule has 3 aromatic rings. The highest BCUT2D eigenvalue weighted by molar-refractivity contribution is 7.71. The van der Waals surface area contributed by atoms with Crippen LogP contribution < -0.4 is 4.90 Å². The fraction of sp³-hybridized carbons (Fsp3) is 0.435. The number of pyridine rings is 2. The monoisotopic (exact) mass is 467 g/mol. The van der Waals surface area contributed by atoms with Crippen molar-refractivity contribution in [3.05, 3.63) is 53.2 Å². The molecule has 174 valence electrons. The van der Waals surface area contributed by atoms with Gasteiger partial charge in [0.25, 0.3) is 0 Å². The fourth-order valence-corrected chi connectivity index (χ4v) is 4.17. The lowest BCUT2D eigenvalue weighted by Gasteiger charge is -2.35. The van der Waals surface area contributed by atoms with Crippen molar-refractivity contribution in [2.24, 2.45) is 0 Å². The molecule has 0 amide bonds. The Labute approximate surface area is 198 Å². The van der Waals surface area contributed by atoms with E-state index in [4.69, 9.17) is 22.1 Å². The minimum Gasteiger partial charge on any atom is -0.462 e. The lowest BCUT2D eigenvalue weighted by molar-refractivity contribution is 0.0526. The molecule has 9 nitrogen and oxygen atoms in total. The van der Waals surface area contributed by atoms with Gasteiger partial charge in [-0.25, -0.2) is 14.5 Å². The first-order chi connectivity index (χ1) is 16.1. The summed E-state index contributed by atoms with van der Waals surface area (Å²) in [5.41, 5.74) is 1.49. The van der Waals surface area contributed by atoms with Gasteiger partial charge in [-0.1, -0.05) is 6.92 Å². The summed E-state index contributed by atoms with van der Waals surface area (Å²) in [5, 5.41) is 4.85. The lowest BCUT2D eigenvalue weighted by atomic mass is 10.2. The van der Waals surface area contributed by atoms with Gasteiger partial charge in [0, 0.05) is 56.9 Å². The van der Waals surface area contributed by atoms with E-state index in [0.717, 1.165) is 61.1 Å². The van der Waals surface area contributed by atoms with Crippen molar-refractivity contribution in [1.82, 2.24) is 29.2 Å². The van der Waals surface area contributed by atoms with Crippen LogP contribution in [0.4, 0.5) is 5.82 Å². The van der Waals surface area contributed by atoms with Crippen molar-refractivity contribution in [2.45, 2.75) is 33.5 Å². The van der Waals surface area contributed by atoms with Gasteiger partial charge in [0.15, 0.2) is 10.6 Å². The van der Waals surface area contributed by atoms with Gasteiger partial charge in [0.2, 0.25) is 0 Å². The quantitative estimate of drug-likeness (QED) is 0.369. The van der Waals surface area contributed by atoms with Crippen LogP contribution in [0.1, 0.15) is 30.6 Å². The first kappa shape index (κ1) is 23.1. The molecule has 1 aliphatic rings. The number of ether oxygens (including phenoxy) is 1. The number of hydrogen-bond acceptors (Lipinski definition) is 8.